The fourth-order valence-electron chi connectivity index (χ4n) is 1.81. The van der Waals surface area contributed by atoms with Gasteiger partial charge in [-0.05, 0) is 12.7 Å². The summed E-state index contributed by atoms with van der Waals surface area (Å²) in [5.41, 5.74) is 0. The molecule has 0 aromatic carbocycles. The summed E-state index contributed by atoms with van der Waals surface area (Å²) in [6.45, 7) is 0.754. The Morgan fingerprint density at radius 1 is 1.43 bits per heavy atom. The van der Waals surface area contributed by atoms with E-state index in [0.717, 1.165) is 5.75 Å². The molecular formula is C12H24N4O3S2. The number of carbonyl (C=O) groups excluding carboxylic acids is 1. The number of rotatable bonds is 6. The Morgan fingerprint density at radius 3 is 2.67 bits per heavy atom. The fourth-order valence-corrected chi connectivity index (χ4v) is 3.79. The molecule has 0 radical (unpaired) electrons. The maximum absolute atomic E-state index is 11.6. The van der Waals surface area contributed by atoms with Gasteiger partial charge in [-0.15, -0.1) is 0 Å². The van der Waals surface area contributed by atoms with Crippen molar-refractivity contribution in [2.45, 2.75) is 12.5 Å². The van der Waals surface area contributed by atoms with Crippen LogP contribution in [0.3, 0.4) is 0 Å². The molecule has 1 rings (SSSR count). The Hall–Kier alpha value is -0.960. The lowest BCUT2D eigenvalue weighted by molar-refractivity contribution is -0.127. The van der Waals surface area contributed by atoms with Crippen LogP contribution in [-0.4, -0.2) is 81.9 Å². The van der Waals surface area contributed by atoms with Crippen molar-refractivity contribution in [2.24, 2.45) is 4.99 Å². The molecule has 1 heterocycles. The first-order valence-electron chi connectivity index (χ1n) is 6.78. The van der Waals surface area contributed by atoms with Crippen LogP contribution < -0.4 is 10.6 Å². The van der Waals surface area contributed by atoms with Crippen molar-refractivity contribution in [3.05, 3.63) is 0 Å². The summed E-state index contributed by atoms with van der Waals surface area (Å²) in [6.07, 6.45) is 2.58. The summed E-state index contributed by atoms with van der Waals surface area (Å²) in [4.78, 5) is 17.3. The molecule has 1 fully saturated rings. The number of nitrogens with one attached hydrogen (secondary N) is 2. The summed E-state index contributed by atoms with van der Waals surface area (Å²) in [6, 6.07) is -0.134. The van der Waals surface area contributed by atoms with Crippen LogP contribution in [-0.2, 0) is 14.6 Å². The summed E-state index contributed by atoms with van der Waals surface area (Å²) < 4.78 is 22.9. The molecule has 1 amide bonds. The summed E-state index contributed by atoms with van der Waals surface area (Å²) in [5.74, 6) is 1.64. The third-order valence-electron chi connectivity index (χ3n) is 3.04. The van der Waals surface area contributed by atoms with Gasteiger partial charge < -0.3 is 15.5 Å². The zero-order valence-electron chi connectivity index (χ0n) is 12.8. The molecule has 1 saturated heterocycles. The zero-order chi connectivity index (χ0) is 15.9. The van der Waals surface area contributed by atoms with Crippen LogP contribution in [0.15, 0.2) is 4.99 Å². The summed E-state index contributed by atoms with van der Waals surface area (Å²) in [5, 5.41) is 6.23. The minimum absolute atomic E-state index is 0.0427. The highest BCUT2D eigenvalue weighted by molar-refractivity contribution is 7.98. The highest BCUT2D eigenvalue weighted by Crippen LogP contribution is 2.10. The summed E-state index contributed by atoms with van der Waals surface area (Å²) in [7, 11) is 0.417. The SMILES string of the molecule is CSCCNC(=NCC(=O)N(C)C)NC1CCS(=O)(=O)C1. The van der Waals surface area contributed by atoms with Crippen LogP contribution in [0.2, 0.25) is 0 Å². The van der Waals surface area contributed by atoms with Crippen molar-refractivity contribution in [3.63, 3.8) is 0 Å². The summed E-state index contributed by atoms with van der Waals surface area (Å²) >= 11 is 1.70. The van der Waals surface area contributed by atoms with Crippen molar-refractivity contribution in [3.8, 4) is 0 Å². The number of hydrogen-bond acceptors (Lipinski definition) is 5. The second-order valence-corrected chi connectivity index (χ2v) is 8.33. The number of aliphatic imine (C=N–C) groups is 1. The van der Waals surface area contributed by atoms with E-state index in [1.807, 2.05) is 6.26 Å². The van der Waals surface area contributed by atoms with Gasteiger partial charge in [0.2, 0.25) is 5.91 Å². The second kappa shape index (κ2) is 8.47. The van der Waals surface area contributed by atoms with Gasteiger partial charge in [0.05, 0.1) is 11.5 Å². The van der Waals surface area contributed by atoms with Gasteiger partial charge in [0.25, 0.3) is 0 Å². The van der Waals surface area contributed by atoms with E-state index in [1.165, 1.54) is 4.90 Å². The van der Waals surface area contributed by atoms with E-state index < -0.39 is 9.84 Å². The molecule has 0 saturated carbocycles. The van der Waals surface area contributed by atoms with Gasteiger partial charge >= 0.3 is 0 Å². The molecule has 1 aliphatic heterocycles. The molecule has 2 N–H and O–H groups in total. The van der Waals surface area contributed by atoms with Crippen LogP contribution in [0.1, 0.15) is 6.42 Å². The third-order valence-corrected chi connectivity index (χ3v) is 5.42. The van der Waals surface area contributed by atoms with E-state index in [9.17, 15) is 13.2 Å². The van der Waals surface area contributed by atoms with Crippen molar-refractivity contribution < 1.29 is 13.2 Å². The molecule has 0 bridgehead atoms. The van der Waals surface area contributed by atoms with Crippen LogP contribution in [0.5, 0.6) is 0 Å². The van der Waals surface area contributed by atoms with Crippen LogP contribution >= 0.6 is 11.8 Å². The normalized spacial score (nSPS) is 21.1. The third kappa shape index (κ3) is 7.03. The van der Waals surface area contributed by atoms with Gasteiger partial charge in [-0.2, -0.15) is 11.8 Å². The lowest BCUT2D eigenvalue weighted by Crippen LogP contribution is -2.45. The Bertz CT molecular complexity index is 477. The molecule has 9 heteroatoms. The van der Waals surface area contributed by atoms with E-state index in [4.69, 9.17) is 0 Å². The highest BCUT2D eigenvalue weighted by Gasteiger charge is 2.28. The average Bonchev–Trinajstić information content (AvgIpc) is 2.74. The van der Waals surface area contributed by atoms with Crippen molar-refractivity contribution in [1.29, 1.82) is 0 Å². The van der Waals surface area contributed by atoms with Crippen molar-refractivity contribution >= 4 is 33.5 Å². The minimum atomic E-state index is -2.94. The van der Waals surface area contributed by atoms with E-state index in [-0.39, 0.29) is 30.0 Å². The highest BCUT2D eigenvalue weighted by atomic mass is 32.2. The lowest BCUT2D eigenvalue weighted by atomic mass is 10.3. The molecule has 122 valence electrons. The number of guanidine groups is 1. The smallest absolute Gasteiger partial charge is 0.243 e. The van der Waals surface area contributed by atoms with Gasteiger partial charge in [-0.25, -0.2) is 13.4 Å². The van der Waals surface area contributed by atoms with Crippen LogP contribution in [0, 0.1) is 0 Å². The van der Waals surface area contributed by atoms with Crippen LogP contribution in [0.25, 0.3) is 0 Å². The number of thioether (sulfide) groups is 1. The number of amides is 1. The Kier molecular flexibility index (Phi) is 7.30. The fraction of sp³-hybridized carbons (Fsp3) is 0.833. The standard InChI is InChI=1S/C12H24N4O3S2/c1-16(2)11(17)8-14-12(13-5-6-20-3)15-10-4-7-21(18,19)9-10/h10H,4-9H2,1-3H3,(H2,13,14,15). The maximum atomic E-state index is 11.6. The van der Waals surface area contributed by atoms with E-state index in [2.05, 4.69) is 15.6 Å². The van der Waals surface area contributed by atoms with Gasteiger partial charge in [-0.1, -0.05) is 0 Å². The lowest BCUT2D eigenvalue weighted by Gasteiger charge is -2.17. The van der Waals surface area contributed by atoms with Gasteiger partial charge in [-0.3, -0.25) is 4.79 Å². The predicted molar refractivity (Wildman–Crippen MR) is 87.6 cm³/mol. The zero-order valence-corrected chi connectivity index (χ0v) is 14.4. The van der Waals surface area contributed by atoms with Crippen LogP contribution in [0.4, 0.5) is 0 Å². The van der Waals surface area contributed by atoms with Gasteiger partial charge in [0.15, 0.2) is 15.8 Å². The quantitative estimate of drug-likeness (QED) is 0.373. The first-order valence-corrected chi connectivity index (χ1v) is 10.00. The Labute approximate surface area is 130 Å². The molecule has 0 aromatic rings. The second-order valence-electron chi connectivity index (χ2n) is 5.12. The molecule has 1 aliphatic rings. The number of carbonyl (C=O) groups is 1. The molecule has 0 aliphatic carbocycles. The number of hydrogen-bond donors (Lipinski definition) is 2. The Morgan fingerprint density at radius 2 is 2.14 bits per heavy atom. The van der Waals surface area contributed by atoms with E-state index in [1.54, 1.807) is 25.9 Å². The molecular weight excluding hydrogens is 312 g/mol. The number of sulfone groups is 1. The van der Waals surface area contributed by atoms with Crippen molar-refractivity contribution in [2.75, 3.05) is 50.7 Å². The predicted octanol–water partition coefficient (Wildman–Crippen LogP) is -0.840. The first-order chi connectivity index (χ1) is 9.84. The first kappa shape index (κ1) is 18.1. The maximum Gasteiger partial charge on any atom is 0.243 e. The van der Waals surface area contributed by atoms with Crippen molar-refractivity contribution in [1.82, 2.24) is 15.5 Å². The largest absolute Gasteiger partial charge is 0.356 e. The molecule has 0 aromatic heterocycles. The van der Waals surface area contributed by atoms with Gasteiger partial charge in [0.1, 0.15) is 6.54 Å². The minimum Gasteiger partial charge on any atom is -0.356 e. The molecule has 1 atom stereocenters. The molecule has 1 unspecified atom stereocenters. The average molecular weight is 336 g/mol. The van der Waals surface area contributed by atoms with E-state index >= 15 is 0 Å². The topological polar surface area (TPSA) is 90.9 Å². The molecule has 0 spiro atoms. The monoisotopic (exact) mass is 336 g/mol. The van der Waals surface area contributed by atoms with E-state index in [0.29, 0.717) is 18.9 Å². The van der Waals surface area contributed by atoms with Gasteiger partial charge in [0, 0.05) is 32.4 Å². The molecule has 7 nitrogen and oxygen atoms in total. The Balaban J connectivity index is 2.59. The number of likely N-dealkylation sites (N-methyl/N-ethyl adjacent to an activating group) is 1. The molecule has 21 heavy (non-hydrogen) atoms. The number of nitrogens with zero attached hydrogens (tertiary/aromatic N) is 2.